The Morgan fingerprint density at radius 2 is 2.25 bits per heavy atom. The summed E-state index contributed by atoms with van der Waals surface area (Å²) in [5.74, 6) is -0.211. The summed E-state index contributed by atoms with van der Waals surface area (Å²) in [5, 5.41) is 14.9. The average Bonchev–Trinajstić information content (AvgIpc) is 2.92. The van der Waals surface area contributed by atoms with Crippen LogP contribution in [0, 0.1) is 17.1 Å². The highest BCUT2D eigenvalue weighted by atomic mass is 32.2. The first-order valence-corrected chi connectivity index (χ1v) is 7.05. The van der Waals surface area contributed by atoms with Crippen LogP contribution in [0.3, 0.4) is 0 Å². The lowest BCUT2D eigenvalue weighted by Crippen LogP contribution is -2.26. The third kappa shape index (κ3) is 3.17. The first-order valence-electron chi connectivity index (χ1n) is 5.56. The lowest BCUT2D eigenvalue weighted by Gasteiger charge is -2.06. The second-order valence-electron chi connectivity index (χ2n) is 3.83. The van der Waals surface area contributed by atoms with Crippen LogP contribution in [0.4, 0.5) is 4.39 Å². The van der Waals surface area contributed by atoms with Crippen molar-refractivity contribution in [2.45, 2.75) is 11.3 Å². The van der Waals surface area contributed by atoms with Gasteiger partial charge in [-0.1, -0.05) is 0 Å². The molecular weight excluding hydrogens is 285 g/mol. The fraction of sp³-hybridized carbons (Fsp3) is 0.182. The highest BCUT2D eigenvalue weighted by molar-refractivity contribution is 7.89. The molecule has 0 bridgehead atoms. The fourth-order valence-electron chi connectivity index (χ4n) is 1.50. The summed E-state index contributed by atoms with van der Waals surface area (Å²) in [5.41, 5.74) is -0.317. The maximum Gasteiger partial charge on any atom is 0.240 e. The molecule has 0 amide bonds. The van der Waals surface area contributed by atoms with Gasteiger partial charge in [0.2, 0.25) is 10.0 Å². The highest BCUT2D eigenvalue weighted by Gasteiger charge is 2.16. The number of benzene rings is 1. The summed E-state index contributed by atoms with van der Waals surface area (Å²) in [6, 6.07) is 4.64. The number of rotatable bonds is 5. The summed E-state index contributed by atoms with van der Waals surface area (Å²) >= 11 is 0. The van der Waals surface area contributed by atoms with E-state index in [1.807, 2.05) is 0 Å². The van der Waals surface area contributed by atoms with Gasteiger partial charge in [-0.15, -0.1) is 0 Å². The van der Waals surface area contributed by atoms with Crippen molar-refractivity contribution in [2.24, 2.45) is 0 Å². The number of nitriles is 1. The summed E-state index contributed by atoms with van der Waals surface area (Å²) in [7, 11) is -3.79. The van der Waals surface area contributed by atoms with Crippen molar-refractivity contribution in [3.63, 3.8) is 0 Å². The minimum Gasteiger partial charge on any atom is -0.263 e. The molecule has 2 N–H and O–H groups in total. The molecule has 0 unspecified atom stereocenters. The van der Waals surface area contributed by atoms with E-state index < -0.39 is 15.8 Å². The molecule has 0 spiro atoms. The van der Waals surface area contributed by atoms with Crippen molar-refractivity contribution < 1.29 is 12.8 Å². The van der Waals surface area contributed by atoms with E-state index in [0.29, 0.717) is 12.2 Å². The standard InChI is InChI=1S/C11H10FN5O2S/c12-10-2-1-9(5-8(10)6-13)20(18,19)16-4-3-11-14-7-15-17-11/h1-2,5,7,16H,3-4H2,(H,14,15,17). The van der Waals surface area contributed by atoms with Gasteiger partial charge in [0, 0.05) is 13.0 Å². The maximum absolute atomic E-state index is 13.1. The monoisotopic (exact) mass is 295 g/mol. The molecule has 0 aliphatic carbocycles. The first kappa shape index (κ1) is 14.1. The zero-order valence-corrected chi connectivity index (χ0v) is 11.0. The number of nitrogens with zero attached hydrogens (tertiary/aromatic N) is 3. The van der Waals surface area contributed by atoms with Gasteiger partial charge in [0.1, 0.15) is 24.0 Å². The third-order valence-corrected chi connectivity index (χ3v) is 3.95. The highest BCUT2D eigenvalue weighted by Crippen LogP contribution is 2.14. The van der Waals surface area contributed by atoms with Crippen LogP contribution < -0.4 is 4.72 Å². The van der Waals surface area contributed by atoms with Gasteiger partial charge in [-0.2, -0.15) is 10.4 Å². The second kappa shape index (κ2) is 5.77. The van der Waals surface area contributed by atoms with Crippen LogP contribution >= 0.6 is 0 Å². The van der Waals surface area contributed by atoms with E-state index >= 15 is 0 Å². The number of H-pyrrole nitrogens is 1. The van der Waals surface area contributed by atoms with E-state index in [1.165, 1.54) is 6.33 Å². The molecule has 0 fully saturated rings. The number of hydrogen-bond acceptors (Lipinski definition) is 5. The van der Waals surface area contributed by atoms with Crippen LogP contribution in [0.1, 0.15) is 11.4 Å². The molecule has 0 saturated heterocycles. The predicted octanol–water partition coefficient (Wildman–Crippen LogP) is 0.336. The Bertz CT molecular complexity index is 737. The number of aromatic amines is 1. The van der Waals surface area contributed by atoms with E-state index in [1.54, 1.807) is 6.07 Å². The Morgan fingerprint density at radius 1 is 1.45 bits per heavy atom. The third-order valence-electron chi connectivity index (χ3n) is 2.49. The van der Waals surface area contributed by atoms with Crippen LogP contribution in [-0.2, 0) is 16.4 Å². The van der Waals surface area contributed by atoms with Crippen LogP contribution in [0.2, 0.25) is 0 Å². The molecule has 0 atom stereocenters. The normalized spacial score (nSPS) is 11.2. The molecule has 0 radical (unpaired) electrons. The van der Waals surface area contributed by atoms with Crippen molar-refractivity contribution >= 4 is 10.0 Å². The van der Waals surface area contributed by atoms with Crippen molar-refractivity contribution in [1.29, 1.82) is 5.26 Å². The van der Waals surface area contributed by atoms with Gasteiger partial charge in [0.05, 0.1) is 10.5 Å². The molecule has 7 nitrogen and oxygen atoms in total. The number of hydrogen-bond donors (Lipinski definition) is 2. The van der Waals surface area contributed by atoms with Crippen molar-refractivity contribution in [3.8, 4) is 6.07 Å². The molecular formula is C11H10FN5O2S. The smallest absolute Gasteiger partial charge is 0.240 e. The fourth-order valence-corrected chi connectivity index (χ4v) is 2.55. The van der Waals surface area contributed by atoms with Gasteiger partial charge in [0.15, 0.2) is 0 Å². The minimum absolute atomic E-state index is 0.108. The van der Waals surface area contributed by atoms with Crippen LogP contribution in [0.15, 0.2) is 29.4 Å². The van der Waals surface area contributed by atoms with Crippen LogP contribution in [0.5, 0.6) is 0 Å². The maximum atomic E-state index is 13.1. The van der Waals surface area contributed by atoms with Gasteiger partial charge in [0.25, 0.3) is 0 Å². The zero-order valence-electron chi connectivity index (χ0n) is 10.2. The lowest BCUT2D eigenvalue weighted by atomic mass is 10.2. The van der Waals surface area contributed by atoms with Crippen LogP contribution in [0.25, 0.3) is 0 Å². The summed E-state index contributed by atoms with van der Waals surface area (Å²) in [4.78, 5) is 3.69. The average molecular weight is 295 g/mol. The Hall–Kier alpha value is -2.31. The lowest BCUT2D eigenvalue weighted by molar-refractivity contribution is 0.579. The Morgan fingerprint density at radius 3 is 2.90 bits per heavy atom. The van der Waals surface area contributed by atoms with E-state index in [2.05, 4.69) is 19.9 Å². The summed E-state index contributed by atoms with van der Waals surface area (Å²) in [6.45, 7) is 0.108. The second-order valence-corrected chi connectivity index (χ2v) is 5.60. The van der Waals surface area contributed by atoms with E-state index in [0.717, 1.165) is 18.2 Å². The number of aromatic nitrogens is 3. The Labute approximate surface area is 114 Å². The van der Waals surface area contributed by atoms with Crippen molar-refractivity contribution in [1.82, 2.24) is 19.9 Å². The SMILES string of the molecule is N#Cc1cc(S(=O)(=O)NCCc2ncn[nH]2)ccc1F. The molecule has 0 aliphatic heterocycles. The van der Waals surface area contributed by atoms with Gasteiger partial charge in [-0.25, -0.2) is 22.5 Å². The van der Waals surface area contributed by atoms with Gasteiger partial charge >= 0.3 is 0 Å². The molecule has 1 aromatic heterocycles. The molecule has 104 valence electrons. The molecule has 2 aromatic rings. The summed E-state index contributed by atoms with van der Waals surface area (Å²) in [6.07, 6.45) is 1.66. The van der Waals surface area contributed by atoms with Crippen molar-refractivity contribution in [2.75, 3.05) is 6.54 Å². The van der Waals surface area contributed by atoms with Crippen molar-refractivity contribution in [3.05, 3.63) is 41.7 Å². The largest absolute Gasteiger partial charge is 0.263 e. The van der Waals surface area contributed by atoms with E-state index in [-0.39, 0.29) is 17.0 Å². The molecule has 1 heterocycles. The van der Waals surface area contributed by atoms with E-state index in [9.17, 15) is 12.8 Å². The molecule has 20 heavy (non-hydrogen) atoms. The molecule has 1 aromatic carbocycles. The van der Waals surface area contributed by atoms with E-state index in [4.69, 9.17) is 5.26 Å². The Balaban J connectivity index is 2.08. The molecule has 9 heteroatoms. The van der Waals surface area contributed by atoms with Crippen LogP contribution in [-0.4, -0.2) is 30.1 Å². The first-order chi connectivity index (χ1) is 9.53. The predicted molar refractivity (Wildman–Crippen MR) is 66.4 cm³/mol. The van der Waals surface area contributed by atoms with Gasteiger partial charge in [-0.05, 0) is 18.2 Å². The number of halogens is 1. The topological polar surface area (TPSA) is 112 Å². The quantitative estimate of drug-likeness (QED) is 0.826. The molecule has 0 aliphatic rings. The summed E-state index contributed by atoms with van der Waals surface area (Å²) < 4.78 is 39.4. The molecule has 0 saturated carbocycles. The van der Waals surface area contributed by atoms with Gasteiger partial charge < -0.3 is 0 Å². The van der Waals surface area contributed by atoms with Gasteiger partial charge in [-0.3, -0.25) is 5.10 Å². The number of nitrogens with one attached hydrogen (secondary N) is 2. The minimum atomic E-state index is -3.79. The molecule has 2 rings (SSSR count). The zero-order chi connectivity index (χ0) is 14.6. The number of sulfonamides is 1. The Kier molecular flexibility index (Phi) is 4.07.